The second kappa shape index (κ2) is 9.32. The molecule has 1 heterocycles. The molecule has 0 aliphatic rings. The SMILES string of the molecule is C#CC(C)SN(C)C(=O)Nc1ccc(Oc2ccc(C(F)(F)Cl)c(Cl)n2)cc1. The highest BCUT2D eigenvalue weighted by Gasteiger charge is 2.31. The van der Waals surface area contributed by atoms with Crippen LogP contribution in [0.15, 0.2) is 36.4 Å². The van der Waals surface area contributed by atoms with Crippen LogP contribution in [0.1, 0.15) is 12.5 Å². The van der Waals surface area contributed by atoms with Crippen molar-refractivity contribution in [2.75, 3.05) is 12.4 Å². The maximum absolute atomic E-state index is 13.1. The number of nitrogens with one attached hydrogen (secondary N) is 1. The number of hydrogen-bond acceptors (Lipinski definition) is 4. The first kappa shape index (κ1) is 22.1. The fraction of sp³-hybridized carbons (Fsp3) is 0.222. The van der Waals surface area contributed by atoms with Gasteiger partial charge in [-0.1, -0.05) is 17.5 Å². The zero-order chi connectivity index (χ0) is 20.9. The predicted molar refractivity (Wildman–Crippen MR) is 108 cm³/mol. The van der Waals surface area contributed by atoms with E-state index >= 15 is 0 Å². The van der Waals surface area contributed by atoms with E-state index in [0.29, 0.717) is 11.4 Å². The number of anilines is 1. The average molecular weight is 446 g/mol. The molecule has 0 spiro atoms. The molecule has 2 aromatic rings. The van der Waals surface area contributed by atoms with Crippen molar-refractivity contribution in [2.45, 2.75) is 17.6 Å². The summed E-state index contributed by atoms with van der Waals surface area (Å²) in [5, 5.41) is -1.51. The van der Waals surface area contributed by atoms with Crippen LogP contribution < -0.4 is 10.1 Å². The monoisotopic (exact) mass is 445 g/mol. The van der Waals surface area contributed by atoms with Crippen LogP contribution in [0.5, 0.6) is 11.6 Å². The number of ether oxygens (including phenoxy) is 1. The minimum absolute atomic E-state index is 0.0193. The van der Waals surface area contributed by atoms with E-state index in [2.05, 4.69) is 16.2 Å². The number of amides is 2. The largest absolute Gasteiger partial charge is 0.439 e. The number of hydrogen-bond donors (Lipinski definition) is 1. The molecule has 0 saturated heterocycles. The normalized spacial score (nSPS) is 12.0. The van der Waals surface area contributed by atoms with Gasteiger partial charge in [0.2, 0.25) is 5.88 Å². The summed E-state index contributed by atoms with van der Waals surface area (Å²) < 4.78 is 33.1. The van der Waals surface area contributed by atoms with Gasteiger partial charge >= 0.3 is 11.4 Å². The molecule has 28 heavy (non-hydrogen) atoms. The van der Waals surface area contributed by atoms with Gasteiger partial charge in [-0.2, -0.15) is 8.78 Å². The van der Waals surface area contributed by atoms with Crippen molar-refractivity contribution in [3.63, 3.8) is 0 Å². The molecule has 0 bridgehead atoms. The molecule has 10 heteroatoms. The number of halogens is 4. The van der Waals surface area contributed by atoms with Gasteiger partial charge in [0.25, 0.3) is 0 Å². The predicted octanol–water partition coefficient (Wildman–Crippen LogP) is 5.95. The van der Waals surface area contributed by atoms with Gasteiger partial charge < -0.3 is 10.1 Å². The second-order valence-electron chi connectivity index (χ2n) is 5.45. The lowest BCUT2D eigenvalue weighted by Gasteiger charge is -2.18. The molecule has 0 aliphatic heterocycles. The molecule has 1 atom stereocenters. The van der Waals surface area contributed by atoms with Gasteiger partial charge in [-0.3, -0.25) is 4.31 Å². The van der Waals surface area contributed by atoms with Gasteiger partial charge in [0.05, 0.1) is 10.8 Å². The molecule has 5 nitrogen and oxygen atoms in total. The summed E-state index contributed by atoms with van der Waals surface area (Å²) >= 11 is 11.9. The van der Waals surface area contributed by atoms with E-state index in [1.165, 1.54) is 22.3 Å². The molecule has 1 N–H and O–H groups in total. The summed E-state index contributed by atoms with van der Waals surface area (Å²) in [5.74, 6) is 2.91. The molecule has 0 saturated carbocycles. The highest BCUT2D eigenvalue weighted by atomic mass is 35.5. The topological polar surface area (TPSA) is 54.5 Å². The van der Waals surface area contributed by atoms with Crippen LogP contribution in [-0.2, 0) is 5.38 Å². The van der Waals surface area contributed by atoms with Gasteiger partial charge in [-0.25, -0.2) is 9.78 Å². The molecule has 2 amide bonds. The van der Waals surface area contributed by atoms with Gasteiger partial charge in [0.1, 0.15) is 10.9 Å². The number of alkyl halides is 3. The third kappa shape index (κ3) is 6.16. The Morgan fingerprint density at radius 3 is 2.54 bits per heavy atom. The first-order chi connectivity index (χ1) is 13.1. The summed E-state index contributed by atoms with van der Waals surface area (Å²) in [6, 6.07) is 8.30. The zero-order valence-corrected chi connectivity index (χ0v) is 17.1. The molecule has 0 fully saturated rings. The highest BCUT2D eigenvalue weighted by Crippen LogP contribution is 2.37. The fourth-order valence-electron chi connectivity index (χ4n) is 1.93. The minimum Gasteiger partial charge on any atom is -0.439 e. The Hall–Kier alpha value is -2.21. The summed E-state index contributed by atoms with van der Waals surface area (Å²) in [5.41, 5.74) is -0.0799. The van der Waals surface area contributed by atoms with E-state index < -0.39 is 16.1 Å². The molecule has 2 rings (SSSR count). The molecule has 0 radical (unpaired) electrons. The Bertz CT molecular complexity index is 886. The number of pyridine rings is 1. The minimum atomic E-state index is -3.62. The van der Waals surface area contributed by atoms with Crippen molar-refractivity contribution in [3.05, 3.63) is 47.1 Å². The lowest BCUT2D eigenvalue weighted by Crippen LogP contribution is -2.27. The van der Waals surface area contributed by atoms with E-state index in [1.54, 1.807) is 31.3 Å². The Labute approximate surface area is 175 Å². The standard InChI is InChI=1S/C18H15Cl2F2N3O2S/c1-4-11(2)28-25(3)17(26)23-12-5-7-13(8-6-12)27-15-10-9-14(16(19)24-15)18(20,21)22/h1,5-11H,2-3H3,(H,23,26). The molecular weight excluding hydrogens is 431 g/mol. The lowest BCUT2D eigenvalue weighted by atomic mass is 10.3. The third-order valence-electron chi connectivity index (χ3n) is 3.29. The Balaban J connectivity index is 2.00. The number of rotatable bonds is 6. The van der Waals surface area contributed by atoms with Crippen LogP contribution in [0.25, 0.3) is 0 Å². The van der Waals surface area contributed by atoms with Gasteiger partial charge in [0.15, 0.2) is 0 Å². The number of nitrogens with zero attached hydrogens (tertiary/aromatic N) is 2. The van der Waals surface area contributed by atoms with Crippen LogP contribution in [0.2, 0.25) is 5.15 Å². The van der Waals surface area contributed by atoms with Crippen molar-refractivity contribution < 1.29 is 18.3 Å². The number of terminal acetylenes is 1. The number of urea groups is 1. The van der Waals surface area contributed by atoms with Gasteiger partial charge in [0, 0.05) is 18.8 Å². The zero-order valence-electron chi connectivity index (χ0n) is 14.7. The number of carbonyl (C=O) groups is 1. The van der Waals surface area contributed by atoms with Crippen molar-refractivity contribution in [1.29, 1.82) is 0 Å². The summed E-state index contributed by atoms with van der Waals surface area (Å²) in [7, 11) is 1.61. The summed E-state index contributed by atoms with van der Waals surface area (Å²) in [6.07, 6.45) is 5.29. The van der Waals surface area contributed by atoms with E-state index in [4.69, 9.17) is 34.4 Å². The Morgan fingerprint density at radius 1 is 1.36 bits per heavy atom. The first-order valence-corrected chi connectivity index (χ1v) is 9.38. The quantitative estimate of drug-likeness (QED) is 0.258. The lowest BCUT2D eigenvalue weighted by molar-refractivity contribution is 0.0947. The van der Waals surface area contributed by atoms with Crippen molar-refractivity contribution >= 4 is 46.9 Å². The third-order valence-corrected chi connectivity index (χ3v) is 4.72. The summed E-state index contributed by atoms with van der Waals surface area (Å²) in [6.45, 7) is 1.81. The Kier molecular flexibility index (Phi) is 7.35. The van der Waals surface area contributed by atoms with E-state index in [0.717, 1.165) is 6.07 Å². The van der Waals surface area contributed by atoms with E-state index in [1.807, 2.05) is 6.92 Å². The highest BCUT2D eigenvalue weighted by molar-refractivity contribution is 7.98. The Morgan fingerprint density at radius 2 is 2.00 bits per heavy atom. The first-order valence-electron chi connectivity index (χ1n) is 7.79. The van der Waals surface area contributed by atoms with E-state index in [-0.39, 0.29) is 17.2 Å². The number of carbonyl (C=O) groups excluding carboxylic acids is 1. The smallest absolute Gasteiger partial charge is 0.351 e. The van der Waals surface area contributed by atoms with Crippen LogP contribution in [0.4, 0.5) is 19.3 Å². The fourth-order valence-corrected chi connectivity index (χ4v) is 3.07. The maximum Gasteiger partial charge on any atom is 0.351 e. The molecule has 1 unspecified atom stereocenters. The van der Waals surface area contributed by atoms with Crippen molar-refractivity contribution in [3.8, 4) is 24.0 Å². The molecule has 1 aromatic carbocycles. The van der Waals surface area contributed by atoms with Crippen LogP contribution >= 0.6 is 35.1 Å². The number of aromatic nitrogens is 1. The van der Waals surface area contributed by atoms with Crippen LogP contribution in [-0.4, -0.2) is 27.6 Å². The molecule has 0 aliphatic carbocycles. The van der Waals surface area contributed by atoms with Crippen LogP contribution in [0, 0.1) is 12.3 Å². The number of benzene rings is 1. The maximum atomic E-state index is 13.1. The summed E-state index contributed by atoms with van der Waals surface area (Å²) in [4.78, 5) is 15.8. The second-order valence-corrected chi connectivity index (χ2v) is 7.75. The van der Waals surface area contributed by atoms with Crippen molar-refractivity contribution in [1.82, 2.24) is 9.29 Å². The average Bonchev–Trinajstić information content (AvgIpc) is 2.62. The van der Waals surface area contributed by atoms with Crippen molar-refractivity contribution in [2.24, 2.45) is 0 Å². The molecular formula is C18H15Cl2F2N3O2S. The van der Waals surface area contributed by atoms with Crippen LogP contribution in [0.3, 0.4) is 0 Å². The molecule has 148 valence electrons. The molecule has 1 aromatic heterocycles. The van der Waals surface area contributed by atoms with Gasteiger partial charge in [-0.05, 0) is 60.8 Å². The van der Waals surface area contributed by atoms with Gasteiger partial charge in [-0.15, -0.1) is 6.42 Å². The van der Waals surface area contributed by atoms with E-state index in [9.17, 15) is 13.6 Å².